The van der Waals surface area contributed by atoms with E-state index in [1.807, 2.05) is 41.5 Å². The third kappa shape index (κ3) is 4.49. The van der Waals surface area contributed by atoms with Crippen molar-refractivity contribution in [1.29, 1.82) is 0 Å². The summed E-state index contributed by atoms with van der Waals surface area (Å²) in [5, 5.41) is 0. The summed E-state index contributed by atoms with van der Waals surface area (Å²) in [6, 6.07) is 0. The minimum atomic E-state index is -0.505. The molecule has 1 rings (SSSR count). The molecule has 0 fully saturated rings. The van der Waals surface area contributed by atoms with Crippen LogP contribution in [0.15, 0.2) is 4.47 Å². The molecule has 0 amide bonds. The molecule has 19 heavy (non-hydrogen) atoms. The van der Waals surface area contributed by atoms with Gasteiger partial charge in [-0.15, -0.1) is 0 Å². The second-order valence-corrected chi connectivity index (χ2v) is 6.23. The Labute approximate surface area is 122 Å². The molecular formula is C14H20BrNO3. The molecule has 0 aliphatic heterocycles. The van der Waals surface area contributed by atoms with Crippen LogP contribution in [0.4, 0.5) is 0 Å². The van der Waals surface area contributed by atoms with Gasteiger partial charge in [0, 0.05) is 10.0 Å². The lowest BCUT2D eigenvalue weighted by molar-refractivity contribution is -0.157. The van der Waals surface area contributed by atoms with E-state index in [0.717, 1.165) is 21.3 Å². The van der Waals surface area contributed by atoms with Crippen LogP contribution in [0.5, 0.6) is 5.88 Å². The Hall–Kier alpha value is -1.10. The molecule has 0 aliphatic rings. The number of rotatable bonds is 3. The van der Waals surface area contributed by atoms with Crippen LogP contribution in [0, 0.1) is 20.8 Å². The first-order chi connectivity index (χ1) is 8.61. The molecule has 0 unspecified atom stereocenters. The van der Waals surface area contributed by atoms with Crippen LogP contribution >= 0.6 is 15.9 Å². The van der Waals surface area contributed by atoms with Gasteiger partial charge in [-0.05, 0) is 63.0 Å². The average molecular weight is 330 g/mol. The Morgan fingerprint density at radius 1 is 1.21 bits per heavy atom. The zero-order chi connectivity index (χ0) is 14.8. The lowest BCUT2D eigenvalue weighted by Gasteiger charge is -2.20. The highest BCUT2D eigenvalue weighted by molar-refractivity contribution is 9.10. The Balaban J connectivity index is 2.77. The van der Waals surface area contributed by atoms with Crippen molar-refractivity contribution in [2.75, 3.05) is 6.61 Å². The number of hydrogen-bond donors (Lipinski definition) is 0. The maximum atomic E-state index is 11.6. The molecule has 0 spiro atoms. The predicted molar refractivity (Wildman–Crippen MR) is 77.5 cm³/mol. The van der Waals surface area contributed by atoms with E-state index in [9.17, 15) is 4.79 Å². The summed E-state index contributed by atoms with van der Waals surface area (Å²) in [5.41, 5.74) is 2.31. The van der Waals surface area contributed by atoms with Gasteiger partial charge < -0.3 is 9.47 Å². The second-order valence-electron chi connectivity index (χ2n) is 5.44. The minimum Gasteiger partial charge on any atom is -0.465 e. The van der Waals surface area contributed by atoms with Gasteiger partial charge in [-0.25, -0.2) is 9.78 Å². The Morgan fingerprint density at radius 2 is 1.79 bits per heavy atom. The monoisotopic (exact) mass is 329 g/mol. The number of pyridine rings is 1. The summed E-state index contributed by atoms with van der Waals surface area (Å²) in [6.07, 6.45) is 0. The summed E-state index contributed by atoms with van der Waals surface area (Å²) in [5.74, 6) is 0.0796. The number of carbonyl (C=O) groups excluding carboxylic acids is 1. The quantitative estimate of drug-likeness (QED) is 0.796. The molecule has 1 aromatic rings. The first-order valence-corrected chi connectivity index (χ1v) is 6.89. The highest BCUT2D eigenvalue weighted by Crippen LogP contribution is 2.28. The number of halogens is 1. The fourth-order valence-corrected chi connectivity index (χ4v) is 1.91. The number of nitrogens with zero attached hydrogens (tertiary/aromatic N) is 1. The Bertz CT molecular complexity index is 492. The van der Waals surface area contributed by atoms with E-state index in [1.54, 1.807) is 0 Å². The van der Waals surface area contributed by atoms with Crippen molar-refractivity contribution in [3.63, 3.8) is 0 Å². The molecule has 0 N–H and O–H groups in total. The molecule has 1 heterocycles. The van der Waals surface area contributed by atoms with Gasteiger partial charge in [0.15, 0.2) is 6.61 Å². The molecule has 5 heteroatoms. The first-order valence-electron chi connectivity index (χ1n) is 6.09. The number of aromatic nitrogens is 1. The molecule has 1 aromatic heterocycles. The van der Waals surface area contributed by atoms with Crippen molar-refractivity contribution in [3.05, 3.63) is 21.3 Å². The molecule has 0 atom stereocenters. The van der Waals surface area contributed by atoms with Crippen LogP contribution in [0.3, 0.4) is 0 Å². The van der Waals surface area contributed by atoms with Crippen LogP contribution in [0.2, 0.25) is 0 Å². The van der Waals surface area contributed by atoms with E-state index in [1.165, 1.54) is 0 Å². The predicted octanol–water partition coefficient (Wildman–Crippen LogP) is 3.49. The molecular weight excluding hydrogens is 310 g/mol. The van der Waals surface area contributed by atoms with Crippen molar-refractivity contribution in [1.82, 2.24) is 4.98 Å². The van der Waals surface area contributed by atoms with Crippen LogP contribution in [-0.2, 0) is 9.53 Å². The summed E-state index contributed by atoms with van der Waals surface area (Å²) >= 11 is 3.47. The molecule has 0 bridgehead atoms. The Morgan fingerprint density at radius 3 is 2.32 bits per heavy atom. The molecule has 0 radical (unpaired) electrons. The molecule has 0 aromatic carbocycles. The smallest absolute Gasteiger partial charge is 0.344 e. The maximum absolute atomic E-state index is 11.6. The Kier molecular flexibility index (Phi) is 4.96. The number of carbonyl (C=O) groups is 1. The average Bonchev–Trinajstić information content (AvgIpc) is 2.27. The van der Waals surface area contributed by atoms with Gasteiger partial charge in [0.25, 0.3) is 0 Å². The van der Waals surface area contributed by atoms with E-state index in [-0.39, 0.29) is 6.61 Å². The van der Waals surface area contributed by atoms with Gasteiger partial charge in [-0.2, -0.15) is 0 Å². The SMILES string of the molecule is Cc1nc(OCC(=O)OC(C)(C)C)c(C)c(C)c1Br. The molecule has 4 nitrogen and oxygen atoms in total. The zero-order valence-corrected chi connectivity index (χ0v) is 13.8. The minimum absolute atomic E-state index is 0.133. The summed E-state index contributed by atoms with van der Waals surface area (Å²) in [4.78, 5) is 15.9. The number of hydrogen-bond acceptors (Lipinski definition) is 4. The van der Waals surface area contributed by atoms with Crippen LogP contribution in [-0.4, -0.2) is 23.2 Å². The number of esters is 1. The lowest BCUT2D eigenvalue weighted by Crippen LogP contribution is -2.27. The molecule has 106 valence electrons. The number of aryl methyl sites for hydroxylation is 1. The lowest BCUT2D eigenvalue weighted by atomic mass is 10.1. The van der Waals surface area contributed by atoms with Gasteiger partial charge in [-0.3, -0.25) is 0 Å². The van der Waals surface area contributed by atoms with Gasteiger partial charge in [0.05, 0.1) is 5.69 Å². The van der Waals surface area contributed by atoms with Gasteiger partial charge in [0.2, 0.25) is 5.88 Å². The van der Waals surface area contributed by atoms with Crippen molar-refractivity contribution in [2.45, 2.75) is 47.1 Å². The second kappa shape index (κ2) is 5.90. The standard InChI is InChI=1S/C14H20BrNO3/c1-8-9(2)13(16-10(3)12(8)15)18-7-11(17)19-14(4,5)6/h7H2,1-6H3. The van der Waals surface area contributed by atoms with E-state index >= 15 is 0 Å². The summed E-state index contributed by atoms with van der Waals surface area (Å²) in [6.45, 7) is 11.1. The van der Waals surface area contributed by atoms with Crippen molar-refractivity contribution < 1.29 is 14.3 Å². The first kappa shape index (κ1) is 16.0. The zero-order valence-electron chi connectivity index (χ0n) is 12.3. The van der Waals surface area contributed by atoms with E-state index < -0.39 is 11.6 Å². The van der Waals surface area contributed by atoms with Crippen molar-refractivity contribution in [2.24, 2.45) is 0 Å². The third-order valence-corrected chi connectivity index (χ3v) is 3.71. The highest BCUT2D eigenvalue weighted by Gasteiger charge is 2.18. The van der Waals surface area contributed by atoms with Gasteiger partial charge in [-0.1, -0.05) is 0 Å². The molecule has 0 saturated carbocycles. The van der Waals surface area contributed by atoms with Crippen LogP contribution in [0.25, 0.3) is 0 Å². The van der Waals surface area contributed by atoms with E-state index in [4.69, 9.17) is 9.47 Å². The van der Waals surface area contributed by atoms with Crippen LogP contribution in [0.1, 0.15) is 37.6 Å². The van der Waals surface area contributed by atoms with Crippen LogP contribution < -0.4 is 4.74 Å². The van der Waals surface area contributed by atoms with Gasteiger partial charge in [0.1, 0.15) is 5.60 Å². The molecule has 0 aliphatic carbocycles. The van der Waals surface area contributed by atoms with E-state index in [2.05, 4.69) is 20.9 Å². The topological polar surface area (TPSA) is 48.4 Å². The fourth-order valence-electron chi connectivity index (χ4n) is 1.52. The maximum Gasteiger partial charge on any atom is 0.344 e. The highest BCUT2D eigenvalue weighted by atomic mass is 79.9. The fraction of sp³-hybridized carbons (Fsp3) is 0.571. The number of ether oxygens (including phenoxy) is 2. The summed E-state index contributed by atoms with van der Waals surface area (Å²) in [7, 11) is 0. The third-order valence-electron chi connectivity index (χ3n) is 2.55. The molecule has 0 saturated heterocycles. The normalized spacial score (nSPS) is 11.3. The summed E-state index contributed by atoms with van der Waals surface area (Å²) < 4.78 is 11.6. The van der Waals surface area contributed by atoms with E-state index in [0.29, 0.717) is 5.88 Å². The van der Waals surface area contributed by atoms with Gasteiger partial charge >= 0.3 is 5.97 Å². The largest absolute Gasteiger partial charge is 0.465 e. The van der Waals surface area contributed by atoms with Crippen molar-refractivity contribution >= 4 is 21.9 Å². The van der Waals surface area contributed by atoms with Crippen molar-refractivity contribution in [3.8, 4) is 5.88 Å².